The summed E-state index contributed by atoms with van der Waals surface area (Å²) >= 11 is 0. The zero-order valence-electron chi connectivity index (χ0n) is 15.7. The lowest BCUT2D eigenvalue weighted by atomic mass is 10.1. The Kier molecular flexibility index (Phi) is 4.77. The maximum atomic E-state index is 12.4. The molecule has 2 aromatic heterocycles. The Morgan fingerprint density at radius 2 is 2.04 bits per heavy atom. The molecule has 1 atom stereocenters. The summed E-state index contributed by atoms with van der Waals surface area (Å²) in [5, 5.41) is 6.91. The molecule has 4 rings (SSSR count). The Morgan fingerprint density at radius 1 is 1.22 bits per heavy atom. The van der Waals surface area contributed by atoms with E-state index in [4.69, 9.17) is 0 Å². The fourth-order valence-electron chi connectivity index (χ4n) is 3.52. The van der Waals surface area contributed by atoms with Gasteiger partial charge < -0.3 is 4.57 Å². The number of benzene rings is 1. The van der Waals surface area contributed by atoms with Gasteiger partial charge in [-0.1, -0.05) is 12.1 Å². The largest absolute Gasteiger partial charge is 0.349 e. The Labute approximate surface area is 158 Å². The van der Waals surface area contributed by atoms with Crippen molar-refractivity contribution in [2.45, 2.75) is 39.5 Å². The summed E-state index contributed by atoms with van der Waals surface area (Å²) in [6, 6.07) is 12.5. The fourth-order valence-corrected chi connectivity index (χ4v) is 3.52. The van der Waals surface area contributed by atoms with E-state index >= 15 is 0 Å². The van der Waals surface area contributed by atoms with Crippen molar-refractivity contribution in [2.24, 2.45) is 0 Å². The van der Waals surface area contributed by atoms with Crippen molar-refractivity contribution in [3.05, 3.63) is 65.7 Å². The molecule has 0 unspecified atom stereocenters. The molecule has 0 bridgehead atoms. The van der Waals surface area contributed by atoms with Crippen molar-refractivity contribution in [1.29, 1.82) is 0 Å². The number of amides is 1. The van der Waals surface area contributed by atoms with E-state index in [0.717, 1.165) is 26.2 Å². The lowest BCUT2D eigenvalue weighted by molar-refractivity contribution is 0.102. The number of hydrogen-bond donors (Lipinski definition) is 1. The van der Waals surface area contributed by atoms with Crippen LogP contribution in [0.1, 0.15) is 41.5 Å². The van der Waals surface area contributed by atoms with Crippen LogP contribution in [0.4, 0.5) is 5.95 Å². The van der Waals surface area contributed by atoms with Crippen LogP contribution in [0.25, 0.3) is 0 Å². The van der Waals surface area contributed by atoms with Gasteiger partial charge in [-0.25, -0.2) is 4.98 Å². The molecule has 27 heavy (non-hydrogen) atoms. The predicted octanol–water partition coefficient (Wildman–Crippen LogP) is 2.93. The molecule has 1 aliphatic rings. The lowest BCUT2D eigenvalue weighted by Crippen LogP contribution is -2.35. The molecule has 3 heterocycles. The molecule has 7 heteroatoms. The second-order valence-corrected chi connectivity index (χ2v) is 6.85. The second-order valence-electron chi connectivity index (χ2n) is 6.85. The summed E-state index contributed by atoms with van der Waals surface area (Å²) in [5.41, 5.74) is 3.16. The van der Waals surface area contributed by atoms with Crippen LogP contribution in [0.2, 0.25) is 0 Å². The normalized spacial score (nSPS) is 16.9. The highest BCUT2D eigenvalue weighted by Crippen LogP contribution is 2.26. The highest BCUT2D eigenvalue weighted by molar-refractivity contribution is 6.03. The van der Waals surface area contributed by atoms with Crippen LogP contribution >= 0.6 is 0 Å². The van der Waals surface area contributed by atoms with Gasteiger partial charge in [0.15, 0.2) is 0 Å². The summed E-state index contributed by atoms with van der Waals surface area (Å²) in [7, 11) is 0. The van der Waals surface area contributed by atoms with E-state index in [2.05, 4.69) is 50.1 Å². The minimum Gasteiger partial charge on any atom is -0.349 e. The summed E-state index contributed by atoms with van der Waals surface area (Å²) in [6.07, 6.45) is 3.75. The van der Waals surface area contributed by atoms with Crippen molar-refractivity contribution in [3.8, 4) is 0 Å². The molecule has 0 radical (unpaired) electrons. The molecule has 140 valence electrons. The molecule has 3 aromatic rings. The average molecular weight is 364 g/mol. The topological polar surface area (TPSA) is 68.0 Å². The number of nitrogens with one attached hydrogen (secondary N) is 1. The highest BCUT2D eigenvalue weighted by atomic mass is 16.1. The van der Waals surface area contributed by atoms with E-state index in [1.54, 1.807) is 11.0 Å². The van der Waals surface area contributed by atoms with Gasteiger partial charge in [-0.2, -0.15) is 0 Å². The third kappa shape index (κ3) is 3.64. The van der Waals surface area contributed by atoms with Gasteiger partial charge in [0, 0.05) is 49.7 Å². The van der Waals surface area contributed by atoms with Gasteiger partial charge in [0.1, 0.15) is 6.33 Å². The molecule has 0 saturated carbocycles. The first kappa shape index (κ1) is 17.5. The smallest absolute Gasteiger partial charge is 0.258 e. The number of carbonyl (C=O) groups is 1. The van der Waals surface area contributed by atoms with Gasteiger partial charge in [0.25, 0.3) is 5.91 Å². The third-order valence-corrected chi connectivity index (χ3v) is 5.16. The van der Waals surface area contributed by atoms with Gasteiger partial charge in [-0.05, 0) is 43.7 Å². The minimum absolute atomic E-state index is 0.195. The number of anilines is 1. The second kappa shape index (κ2) is 7.36. The Balaban J connectivity index is 1.39. The van der Waals surface area contributed by atoms with E-state index in [0.29, 0.717) is 17.6 Å². The van der Waals surface area contributed by atoms with Crippen LogP contribution < -0.4 is 5.32 Å². The highest BCUT2D eigenvalue weighted by Gasteiger charge is 2.23. The van der Waals surface area contributed by atoms with Crippen molar-refractivity contribution < 1.29 is 4.79 Å². The number of aromatic nitrogens is 4. The number of hydrogen-bond acceptors (Lipinski definition) is 4. The average Bonchev–Trinajstić information content (AvgIpc) is 3.34. The van der Waals surface area contributed by atoms with Crippen LogP contribution in [0.15, 0.2) is 48.9 Å². The SMILES string of the molecule is CCn1cnc(NC(=O)c2ccc(CN3CCn4cccc4[C@H]3C)cc2)n1. The molecule has 0 aliphatic carbocycles. The molecule has 7 nitrogen and oxygen atoms in total. The summed E-state index contributed by atoms with van der Waals surface area (Å²) in [6.45, 7) is 7.85. The Hall–Kier alpha value is -2.93. The third-order valence-electron chi connectivity index (χ3n) is 5.16. The van der Waals surface area contributed by atoms with Crippen LogP contribution in [0.3, 0.4) is 0 Å². The molecular formula is C20H24N6O. The van der Waals surface area contributed by atoms with Gasteiger partial charge in [0.2, 0.25) is 5.95 Å². The van der Waals surface area contributed by atoms with Gasteiger partial charge in [0.05, 0.1) is 0 Å². The predicted molar refractivity (Wildman–Crippen MR) is 103 cm³/mol. The lowest BCUT2D eigenvalue weighted by Gasteiger charge is -2.34. The minimum atomic E-state index is -0.195. The van der Waals surface area contributed by atoms with Gasteiger partial charge >= 0.3 is 0 Å². The molecule has 1 aromatic carbocycles. The van der Waals surface area contributed by atoms with Crippen LogP contribution in [-0.4, -0.2) is 36.7 Å². The molecule has 1 N–H and O–H groups in total. The molecular weight excluding hydrogens is 340 g/mol. The summed E-state index contributed by atoms with van der Waals surface area (Å²) in [5.74, 6) is 0.135. The first-order valence-electron chi connectivity index (χ1n) is 9.33. The van der Waals surface area contributed by atoms with E-state index in [1.165, 1.54) is 11.3 Å². The maximum Gasteiger partial charge on any atom is 0.258 e. The van der Waals surface area contributed by atoms with Crippen molar-refractivity contribution in [3.63, 3.8) is 0 Å². The number of aryl methyl sites for hydroxylation is 1. The number of fused-ring (bicyclic) bond motifs is 1. The van der Waals surface area contributed by atoms with E-state index in [-0.39, 0.29) is 5.91 Å². The molecule has 0 fully saturated rings. The first-order valence-corrected chi connectivity index (χ1v) is 9.33. The molecule has 0 spiro atoms. The van der Waals surface area contributed by atoms with Crippen molar-refractivity contribution in [1.82, 2.24) is 24.2 Å². The standard InChI is InChI=1S/C20H24N6O/c1-3-26-14-21-20(23-26)22-19(27)17-8-6-16(7-9-17)13-25-12-11-24-10-4-5-18(24)15(25)2/h4-10,14-15H,3,11-13H2,1-2H3,(H,22,23,27)/t15-/m1/s1. The van der Waals surface area contributed by atoms with Crippen molar-refractivity contribution in [2.75, 3.05) is 11.9 Å². The van der Waals surface area contributed by atoms with Crippen LogP contribution in [0.5, 0.6) is 0 Å². The van der Waals surface area contributed by atoms with Crippen LogP contribution in [0, 0.1) is 0 Å². The zero-order chi connectivity index (χ0) is 18.8. The van der Waals surface area contributed by atoms with Crippen molar-refractivity contribution >= 4 is 11.9 Å². The molecule has 1 aliphatic heterocycles. The first-order chi connectivity index (χ1) is 13.1. The van der Waals surface area contributed by atoms with E-state index in [9.17, 15) is 4.79 Å². The van der Waals surface area contributed by atoms with E-state index < -0.39 is 0 Å². The van der Waals surface area contributed by atoms with E-state index in [1.807, 2.05) is 31.2 Å². The fraction of sp³-hybridized carbons (Fsp3) is 0.350. The summed E-state index contributed by atoms with van der Waals surface area (Å²) in [4.78, 5) is 18.9. The number of carbonyl (C=O) groups excluding carboxylic acids is 1. The monoisotopic (exact) mass is 364 g/mol. The number of nitrogens with zero attached hydrogens (tertiary/aromatic N) is 5. The van der Waals surface area contributed by atoms with Crippen LogP contribution in [-0.2, 0) is 19.6 Å². The molecule has 0 saturated heterocycles. The van der Waals surface area contributed by atoms with Gasteiger partial charge in [-0.15, -0.1) is 5.10 Å². The summed E-state index contributed by atoms with van der Waals surface area (Å²) < 4.78 is 4.00. The Morgan fingerprint density at radius 3 is 2.78 bits per heavy atom. The van der Waals surface area contributed by atoms with Gasteiger partial charge in [-0.3, -0.25) is 19.7 Å². The number of rotatable bonds is 5. The molecule has 1 amide bonds. The quantitative estimate of drug-likeness (QED) is 0.756. The maximum absolute atomic E-state index is 12.4. The zero-order valence-corrected chi connectivity index (χ0v) is 15.7. The Bertz CT molecular complexity index is 926.